The van der Waals surface area contributed by atoms with E-state index in [9.17, 15) is 4.79 Å². The van der Waals surface area contributed by atoms with Gasteiger partial charge >= 0.3 is 0 Å². The van der Waals surface area contributed by atoms with Gasteiger partial charge in [-0.1, -0.05) is 37.3 Å². The van der Waals surface area contributed by atoms with Gasteiger partial charge in [0, 0.05) is 18.5 Å². The van der Waals surface area contributed by atoms with Crippen LogP contribution in [0.4, 0.5) is 0 Å². The van der Waals surface area contributed by atoms with E-state index in [2.05, 4.69) is 18.9 Å². The summed E-state index contributed by atoms with van der Waals surface area (Å²) in [5.74, 6) is 2.09. The highest BCUT2D eigenvalue weighted by Crippen LogP contribution is 2.37. The van der Waals surface area contributed by atoms with Crippen LogP contribution in [0.25, 0.3) is 0 Å². The normalized spacial score (nSPS) is 22.2. The number of carbonyl (C=O) groups is 1. The van der Waals surface area contributed by atoms with Gasteiger partial charge in [0.05, 0.1) is 0 Å². The minimum atomic E-state index is 0.267. The molecule has 2 heteroatoms. The van der Waals surface area contributed by atoms with Crippen molar-refractivity contribution in [3.8, 4) is 0 Å². The molecule has 0 aliphatic heterocycles. The molecule has 0 aromatic heterocycles. The van der Waals surface area contributed by atoms with Crippen LogP contribution in [0.3, 0.4) is 0 Å². The molecule has 0 spiro atoms. The molecule has 0 saturated heterocycles. The molecule has 0 bridgehead atoms. The number of carbonyl (C=O) groups excluding carboxylic acids is 1. The second-order valence-electron chi connectivity index (χ2n) is 5.63. The van der Waals surface area contributed by atoms with Gasteiger partial charge in [0.15, 0.2) is 5.78 Å². The van der Waals surface area contributed by atoms with Crippen LogP contribution < -0.4 is 0 Å². The van der Waals surface area contributed by atoms with Crippen molar-refractivity contribution in [2.75, 3.05) is 20.1 Å². The Hall–Kier alpha value is -1.15. The third-order valence-electron chi connectivity index (χ3n) is 3.86. The fourth-order valence-electron chi connectivity index (χ4n) is 2.42. The number of nitrogens with zero attached hydrogens (tertiary/aromatic N) is 1. The van der Waals surface area contributed by atoms with Crippen LogP contribution in [0.15, 0.2) is 30.3 Å². The maximum Gasteiger partial charge on any atom is 0.162 e. The molecule has 0 heterocycles. The summed E-state index contributed by atoms with van der Waals surface area (Å²) >= 11 is 0. The standard InChI is InChI=1S/C16H23NO/c1-13-11-15(13)12-17(2)10-6-9-16(18)14-7-4-3-5-8-14/h3-5,7-8,13,15H,6,9-12H2,1-2H3. The predicted molar refractivity (Wildman–Crippen MR) is 74.8 cm³/mol. The molecule has 1 fully saturated rings. The third-order valence-corrected chi connectivity index (χ3v) is 3.86. The fraction of sp³-hybridized carbons (Fsp3) is 0.562. The Morgan fingerprint density at radius 2 is 2.00 bits per heavy atom. The van der Waals surface area contributed by atoms with E-state index in [1.54, 1.807) is 0 Å². The van der Waals surface area contributed by atoms with E-state index in [0.717, 1.165) is 30.4 Å². The molecular weight excluding hydrogens is 222 g/mol. The minimum absolute atomic E-state index is 0.267. The highest BCUT2D eigenvalue weighted by molar-refractivity contribution is 5.95. The van der Waals surface area contributed by atoms with Crippen molar-refractivity contribution in [2.24, 2.45) is 11.8 Å². The summed E-state index contributed by atoms with van der Waals surface area (Å²) in [5, 5.41) is 0. The number of benzene rings is 1. The fourth-order valence-corrected chi connectivity index (χ4v) is 2.42. The van der Waals surface area contributed by atoms with Gasteiger partial charge < -0.3 is 4.90 Å². The summed E-state index contributed by atoms with van der Waals surface area (Å²) in [6, 6.07) is 9.60. The van der Waals surface area contributed by atoms with Gasteiger partial charge in [0.25, 0.3) is 0 Å². The Balaban J connectivity index is 1.64. The molecule has 18 heavy (non-hydrogen) atoms. The predicted octanol–water partition coefficient (Wildman–Crippen LogP) is 3.24. The molecule has 2 nitrogen and oxygen atoms in total. The van der Waals surface area contributed by atoms with Crippen molar-refractivity contribution in [1.82, 2.24) is 4.90 Å². The molecular formula is C16H23NO. The van der Waals surface area contributed by atoms with E-state index < -0.39 is 0 Å². The monoisotopic (exact) mass is 245 g/mol. The van der Waals surface area contributed by atoms with Crippen LogP contribution in [0, 0.1) is 11.8 Å². The Bertz CT molecular complexity index is 387. The molecule has 0 amide bonds. The highest BCUT2D eigenvalue weighted by atomic mass is 16.1. The molecule has 2 rings (SSSR count). The Labute approximate surface area is 110 Å². The first-order valence-electron chi connectivity index (χ1n) is 6.93. The summed E-state index contributed by atoms with van der Waals surface area (Å²) in [4.78, 5) is 14.3. The smallest absolute Gasteiger partial charge is 0.162 e. The van der Waals surface area contributed by atoms with Crippen LogP contribution in [0.2, 0.25) is 0 Å². The lowest BCUT2D eigenvalue weighted by Crippen LogP contribution is -2.23. The maximum atomic E-state index is 11.9. The summed E-state index contributed by atoms with van der Waals surface area (Å²) < 4.78 is 0. The van der Waals surface area contributed by atoms with Gasteiger partial charge in [-0.05, 0) is 38.3 Å². The molecule has 1 aliphatic rings. The first-order chi connectivity index (χ1) is 8.66. The first kappa shape index (κ1) is 13.3. The second kappa shape index (κ2) is 6.14. The average molecular weight is 245 g/mol. The van der Waals surface area contributed by atoms with Gasteiger partial charge in [0.2, 0.25) is 0 Å². The van der Waals surface area contributed by atoms with Gasteiger partial charge in [-0.3, -0.25) is 4.79 Å². The third kappa shape index (κ3) is 3.95. The first-order valence-corrected chi connectivity index (χ1v) is 6.93. The van der Waals surface area contributed by atoms with E-state index in [4.69, 9.17) is 0 Å². The summed E-state index contributed by atoms with van der Waals surface area (Å²) in [7, 11) is 2.16. The number of ketones is 1. The molecule has 1 aromatic rings. The molecule has 1 aromatic carbocycles. The van der Waals surface area contributed by atoms with E-state index in [-0.39, 0.29) is 5.78 Å². The summed E-state index contributed by atoms with van der Waals surface area (Å²) in [6.45, 7) is 4.54. The topological polar surface area (TPSA) is 20.3 Å². The molecule has 0 N–H and O–H groups in total. The van der Waals surface area contributed by atoms with Crippen LogP contribution in [-0.4, -0.2) is 30.8 Å². The highest BCUT2D eigenvalue weighted by Gasteiger charge is 2.32. The van der Waals surface area contributed by atoms with Crippen molar-refractivity contribution < 1.29 is 4.79 Å². The molecule has 0 radical (unpaired) electrons. The average Bonchev–Trinajstić information content (AvgIpc) is 3.05. The second-order valence-corrected chi connectivity index (χ2v) is 5.63. The Kier molecular flexibility index (Phi) is 4.54. The van der Waals surface area contributed by atoms with Crippen molar-refractivity contribution in [2.45, 2.75) is 26.2 Å². The molecule has 1 saturated carbocycles. The Morgan fingerprint density at radius 1 is 1.33 bits per heavy atom. The van der Waals surface area contributed by atoms with Crippen LogP contribution in [0.1, 0.15) is 36.5 Å². The maximum absolute atomic E-state index is 11.9. The van der Waals surface area contributed by atoms with E-state index in [1.807, 2.05) is 30.3 Å². The molecule has 2 unspecified atom stereocenters. The quantitative estimate of drug-likeness (QED) is 0.687. The van der Waals surface area contributed by atoms with Crippen LogP contribution in [0.5, 0.6) is 0 Å². The Morgan fingerprint density at radius 3 is 2.61 bits per heavy atom. The number of Topliss-reactive ketones (excluding diaryl/α,β-unsaturated/α-hetero) is 1. The van der Waals surface area contributed by atoms with Crippen molar-refractivity contribution >= 4 is 5.78 Å². The van der Waals surface area contributed by atoms with Crippen LogP contribution >= 0.6 is 0 Å². The largest absolute Gasteiger partial charge is 0.306 e. The minimum Gasteiger partial charge on any atom is -0.306 e. The number of hydrogen-bond donors (Lipinski definition) is 0. The lowest BCUT2D eigenvalue weighted by Gasteiger charge is -2.15. The van der Waals surface area contributed by atoms with Gasteiger partial charge in [-0.15, -0.1) is 0 Å². The molecule has 2 atom stereocenters. The van der Waals surface area contributed by atoms with Gasteiger partial charge in [-0.2, -0.15) is 0 Å². The number of rotatable bonds is 7. The summed E-state index contributed by atoms with van der Waals surface area (Å²) in [5.41, 5.74) is 0.843. The van der Waals surface area contributed by atoms with E-state index >= 15 is 0 Å². The zero-order chi connectivity index (χ0) is 13.0. The van der Waals surface area contributed by atoms with Gasteiger partial charge in [0.1, 0.15) is 0 Å². The SMILES string of the molecule is CC1CC1CN(C)CCCC(=O)c1ccccc1. The number of hydrogen-bond acceptors (Lipinski definition) is 2. The van der Waals surface area contributed by atoms with Gasteiger partial charge in [-0.25, -0.2) is 0 Å². The van der Waals surface area contributed by atoms with Crippen molar-refractivity contribution in [3.05, 3.63) is 35.9 Å². The summed E-state index contributed by atoms with van der Waals surface area (Å²) in [6.07, 6.45) is 3.01. The zero-order valence-corrected chi connectivity index (χ0v) is 11.4. The van der Waals surface area contributed by atoms with Crippen LogP contribution in [-0.2, 0) is 0 Å². The van der Waals surface area contributed by atoms with Crippen molar-refractivity contribution in [3.63, 3.8) is 0 Å². The lowest BCUT2D eigenvalue weighted by atomic mass is 10.1. The zero-order valence-electron chi connectivity index (χ0n) is 11.4. The molecule has 98 valence electrons. The van der Waals surface area contributed by atoms with E-state index in [0.29, 0.717) is 6.42 Å². The van der Waals surface area contributed by atoms with Crippen molar-refractivity contribution in [1.29, 1.82) is 0 Å². The van der Waals surface area contributed by atoms with E-state index in [1.165, 1.54) is 13.0 Å². The lowest BCUT2D eigenvalue weighted by molar-refractivity contribution is 0.0976. The molecule has 1 aliphatic carbocycles.